The second kappa shape index (κ2) is 6.58. The Morgan fingerprint density at radius 3 is 2.88 bits per heavy atom. The number of quaternary nitrogens is 1. The fraction of sp³-hybridized carbons (Fsp3) is 0.455. The molecule has 1 heterocycles. The molecule has 2 aromatic rings. The van der Waals surface area contributed by atoms with Crippen molar-refractivity contribution in [1.29, 1.82) is 0 Å². The van der Waals surface area contributed by atoms with Crippen molar-refractivity contribution in [3.8, 4) is 22.6 Å². The number of nitrogens with zero attached hydrogens (tertiary/aromatic N) is 1. The topological polar surface area (TPSA) is 29.5 Å². The minimum atomic E-state index is -0.498. The SMILES string of the molecule is CCC[N+]1(C)CCc2cc(OCCF)cc3c2C1Cc1cccc(O)c1-3. The van der Waals surface area contributed by atoms with Crippen LogP contribution >= 0.6 is 0 Å². The summed E-state index contributed by atoms with van der Waals surface area (Å²) in [4.78, 5) is 0. The maximum atomic E-state index is 12.6. The Morgan fingerprint density at radius 2 is 2.12 bits per heavy atom. The number of alkyl halides is 1. The Kier molecular flexibility index (Phi) is 4.39. The van der Waals surface area contributed by atoms with Gasteiger partial charge in [-0.3, -0.25) is 0 Å². The highest BCUT2D eigenvalue weighted by Crippen LogP contribution is 2.51. The molecule has 0 saturated heterocycles. The fourth-order valence-electron chi connectivity index (χ4n) is 4.95. The van der Waals surface area contributed by atoms with Crippen molar-refractivity contribution in [3.05, 3.63) is 47.0 Å². The molecule has 1 N–H and O–H groups in total. The predicted molar refractivity (Wildman–Crippen MR) is 101 cm³/mol. The van der Waals surface area contributed by atoms with Crippen molar-refractivity contribution in [3.63, 3.8) is 0 Å². The van der Waals surface area contributed by atoms with E-state index in [0.717, 1.165) is 48.0 Å². The molecule has 4 heteroatoms. The average molecular weight is 356 g/mol. The van der Waals surface area contributed by atoms with Crippen LogP contribution in [0.4, 0.5) is 4.39 Å². The lowest BCUT2D eigenvalue weighted by molar-refractivity contribution is -0.941. The van der Waals surface area contributed by atoms with Crippen molar-refractivity contribution in [2.45, 2.75) is 32.2 Å². The lowest BCUT2D eigenvalue weighted by atomic mass is 9.75. The maximum absolute atomic E-state index is 12.6. The Bertz CT molecular complexity index is 835. The summed E-state index contributed by atoms with van der Waals surface area (Å²) in [5.74, 6) is 1.03. The smallest absolute Gasteiger partial charge is 0.123 e. The van der Waals surface area contributed by atoms with Crippen LogP contribution in [-0.2, 0) is 12.8 Å². The van der Waals surface area contributed by atoms with Crippen LogP contribution in [0.25, 0.3) is 11.1 Å². The quantitative estimate of drug-likeness (QED) is 0.804. The van der Waals surface area contributed by atoms with Gasteiger partial charge in [0.1, 0.15) is 30.8 Å². The Balaban J connectivity index is 1.92. The van der Waals surface area contributed by atoms with Gasteiger partial charge >= 0.3 is 0 Å². The van der Waals surface area contributed by atoms with E-state index < -0.39 is 6.67 Å². The molecule has 138 valence electrons. The summed E-state index contributed by atoms with van der Waals surface area (Å²) in [6, 6.07) is 10.3. The number of aromatic hydroxyl groups is 1. The molecular weight excluding hydrogens is 329 g/mol. The van der Waals surface area contributed by atoms with Gasteiger partial charge in [0.25, 0.3) is 0 Å². The molecule has 0 aromatic heterocycles. The number of ether oxygens (including phenoxy) is 1. The number of likely N-dealkylation sites (N-methyl/N-ethyl adjacent to an activating group) is 1. The molecule has 0 spiro atoms. The van der Waals surface area contributed by atoms with E-state index >= 15 is 0 Å². The first-order valence-electron chi connectivity index (χ1n) is 9.58. The standard InChI is InChI=1S/C22H26FNO2/c1-3-9-24(2)10-7-16-12-17(26-11-8-23)14-18-21(16)19(24)13-15-5-4-6-20(25)22(15)18/h4-6,12,14,19H,3,7-11,13H2,1-2H3/p+1. The zero-order valence-corrected chi connectivity index (χ0v) is 15.6. The molecule has 0 saturated carbocycles. The molecule has 0 bridgehead atoms. The number of hydrogen-bond donors (Lipinski definition) is 1. The van der Waals surface area contributed by atoms with Crippen LogP contribution in [0.2, 0.25) is 0 Å². The molecule has 26 heavy (non-hydrogen) atoms. The van der Waals surface area contributed by atoms with E-state index in [9.17, 15) is 9.50 Å². The first-order chi connectivity index (χ1) is 12.6. The van der Waals surface area contributed by atoms with Crippen molar-refractivity contribution in [1.82, 2.24) is 0 Å². The predicted octanol–water partition coefficient (Wildman–Crippen LogP) is 4.42. The highest BCUT2D eigenvalue weighted by atomic mass is 19.1. The van der Waals surface area contributed by atoms with Crippen molar-refractivity contribution >= 4 is 0 Å². The van der Waals surface area contributed by atoms with Crippen LogP contribution in [0.15, 0.2) is 30.3 Å². The third-order valence-corrected chi connectivity index (χ3v) is 6.11. The van der Waals surface area contributed by atoms with Gasteiger partial charge < -0.3 is 14.3 Å². The Labute approximate surface area is 154 Å². The van der Waals surface area contributed by atoms with Crippen molar-refractivity contribution in [2.24, 2.45) is 0 Å². The lowest BCUT2D eigenvalue weighted by Gasteiger charge is -2.48. The molecule has 1 aliphatic heterocycles. The molecular formula is C22H27FNO2+. The summed E-state index contributed by atoms with van der Waals surface area (Å²) >= 11 is 0. The molecule has 2 atom stereocenters. The number of rotatable bonds is 5. The Hall–Kier alpha value is -2.07. The average Bonchev–Trinajstić information content (AvgIpc) is 2.63. The normalized spacial score (nSPS) is 23.3. The van der Waals surface area contributed by atoms with Crippen LogP contribution in [0.1, 0.15) is 36.1 Å². The summed E-state index contributed by atoms with van der Waals surface area (Å²) in [6.45, 7) is 4.07. The molecule has 0 radical (unpaired) electrons. The molecule has 2 aliphatic rings. The zero-order chi connectivity index (χ0) is 18.3. The van der Waals surface area contributed by atoms with Gasteiger partial charge in [0, 0.05) is 24.0 Å². The molecule has 3 nitrogen and oxygen atoms in total. The fourth-order valence-corrected chi connectivity index (χ4v) is 4.95. The van der Waals surface area contributed by atoms with Crippen LogP contribution in [0.5, 0.6) is 11.5 Å². The van der Waals surface area contributed by atoms with Gasteiger partial charge in [0.2, 0.25) is 0 Å². The summed E-state index contributed by atoms with van der Waals surface area (Å²) in [6.07, 6.45) is 3.10. The van der Waals surface area contributed by atoms with E-state index in [4.69, 9.17) is 4.74 Å². The van der Waals surface area contributed by atoms with E-state index in [1.807, 2.05) is 12.1 Å². The monoisotopic (exact) mass is 356 g/mol. The summed E-state index contributed by atoms with van der Waals surface area (Å²) in [5, 5.41) is 10.6. The van der Waals surface area contributed by atoms with E-state index in [0.29, 0.717) is 17.5 Å². The number of fused-ring (bicyclic) bond motifs is 2. The number of hydrogen-bond acceptors (Lipinski definition) is 2. The van der Waals surface area contributed by atoms with Crippen LogP contribution in [-0.4, -0.2) is 43.0 Å². The third kappa shape index (κ3) is 2.67. The first-order valence-corrected chi connectivity index (χ1v) is 9.58. The zero-order valence-electron chi connectivity index (χ0n) is 15.6. The lowest BCUT2D eigenvalue weighted by Crippen LogP contribution is -2.53. The van der Waals surface area contributed by atoms with Crippen molar-refractivity contribution < 1.29 is 18.7 Å². The maximum Gasteiger partial charge on any atom is 0.123 e. The van der Waals surface area contributed by atoms with Crippen molar-refractivity contribution in [2.75, 3.05) is 33.4 Å². The highest BCUT2D eigenvalue weighted by molar-refractivity contribution is 5.81. The van der Waals surface area contributed by atoms with Gasteiger partial charge in [-0.1, -0.05) is 19.1 Å². The summed E-state index contributed by atoms with van der Waals surface area (Å²) < 4.78 is 19.2. The van der Waals surface area contributed by atoms with Gasteiger partial charge in [-0.15, -0.1) is 0 Å². The molecule has 2 aromatic carbocycles. The molecule has 0 fully saturated rings. The van der Waals surface area contributed by atoms with Gasteiger partial charge in [0.15, 0.2) is 0 Å². The van der Waals surface area contributed by atoms with E-state index in [-0.39, 0.29) is 6.61 Å². The third-order valence-electron chi connectivity index (χ3n) is 6.11. The molecule has 2 unspecified atom stereocenters. The summed E-state index contributed by atoms with van der Waals surface area (Å²) in [7, 11) is 2.36. The molecule has 4 rings (SSSR count). The largest absolute Gasteiger partial charge is 0.507 e. The molecule has 1 aliphatic carbocycles. The van der Waals surface area contributed by atoms with Gasteiger partial charge in [-0.05, 0) is 41.3 Å². The molecule has 0 amide bonds. The number of phenolic OH excluding ortho intramolecular Hbond substituents is 1. The number of benzene rings is 2. The van der Waals surface area contributed by atoms with E-state index in [2.05, 4.69) is 26.1 Å². The second-order valence-electron chi connectivity index (χ2n) is 7.79. The number of halogens is 1. The van der Waals surface area contributed by atoms with Crippen LogP contribution < -0.4 is 4.74 Å². The van der Waals surface area contributed by atoms with Gasteiger partial charge in [-0.2, -0.15) is 0 Å². The van der Waals surface area contributed by atoms with Crippen LogP contribution in [0, 0.1) is 0 Å². The van der Waals surface area contributed by atoms with E-state index in [1.165, 1.54) is 16.7 Å². The first kappa shape index (κ1) is 17.3. The van der Waals surface area contributed by atoms with E-state index in [1.54, 1.807) is 6.07 Å². The second-order valence-corrected chi connectivity index (χ2v) is 7.79. The van der Waals surface area contributed by atoms with Crippen LogP contribution in [0.3, 0.4) is 0 Å². The van der Waals surface area contributed by atoms with Gasteiger partial charge in [-0.25, -0.2) is 4.39 Å². The Morgan fingerprint density at radius 1 is 1.27 bits per heavy atom. The van der Waals surface area contributed by atoms with Gasteiger partial charge in [0.05, 0.1) is 20.1 Å². The minimum Gasteiger partial charge on any atom is -0.507 e. The number of phenols is 1. The highest BCUT2D eigenvalue weighted by Gasteiger charge is 2.43. The summed E-state index contributed by atoms with van der Waals surface area (Å²) in [5.41, 5.74) is 5.84. The minimum absolute atomic E-state index is 0.0683.